The molecular weight excluding hydrogens is 312 g/mol. The van der Waals surface area contributed by atoms with E-state index in [1.54, 1.807) is 0 Å². The van der Waals surface area contributed by atoms with Crippen molar-refractivity contribution < 1.29 is 27.1 Å². The van der Waals surface area contributed by atoms with Crippen molar-refractivity contribution in [3.8, 4) is 11.5 Å². The van der Waals surface area contributed by atoms with E-state index in [1.165, 1.54) is 18.2 Å². The van der Waals surface area contributed by atoms with Gasteiger partial charge in [0.15, 0.2) is 6.29 Å². The molecule has 110 valence electrons. The normalized spacial score (nSPS) is 11.3. The lowest BCUT2D eigenvalue weighted by Crippen LogP contribution is -2.09. The van der Waals surface area contributed by atoms with Crippen LogP contribution in [0.25, 0.3) is 0 Å². The van der Waals surface area contributed by atoms with Gasteiger partial charge in [-0.3, -0.25) is 4.79 Å². The third kappa shape index (κ3) is 3.52. The van der Waals surface area contributed by atoms with Crippen LogP contribution >= 0.6 is 11.6 Å². The Balaban J connectivity index is 2.36. The van der Waals surface area contributed by atoms with Gasteiger partial charge in [-0.2, -0.15) is 13.2 Å². The van der Waals surface area contributed by atoms with E-state index in [0.29, 0.717) is 6.07 Å². The predicted octanol–water partition coefficient (Wildman–Crippen LogP) is 5.10. The number of carbonyl (C=O) groups excluding carboxylic acids is 1. The maximum Gasteiger partial charge on any atom is 0.417 e. The summed E-state index contributed by atoms with van der Waals surface area (Å²) in [6, 6.07) is 6.32. The van der Waals surface area contributed by atoms with Crippen molar-refractivity contribution in [3.63, 3.8) is 0 Å². The van der Waals surface area contributed by atoms with E-state index in [-0.39, 0.29) is 22.8 Å². The summed E-state index contributed by atoms with van der Waals surface area (Å²) < 4.78 is 56.7. The van der Waals surface area contributed by atoms with E-state index in [2.05, 4.69) is 0 Å². The van der Waals surface area contributed by atoms with E-state index < -0.39 is 23.1 Å². The zero-order valence-electron chi connectivity index (χ0n) is 10.2. The third-order valence-corrected chi connectivity index (χ3v) is 2.89. The summed E-state index contributed by atoms with van der Waals surface area (Å²) in [6.45, 7) is 0. The molecule has 2 aromatic carbocycles. The predicted molar refractivity (Wildman–Crippen MR) is 68.3 cm³/mol. The lowest BCUT2D eigenvalue weighted by Gasteiger charge is -2.12. The highest BCUT2D eigenvalue weighted by Crippen LogP contribution is 2.35. The zero-order chi connectivity index (χ0) is 15.6. The molecule has 0 radical (unpaired) electrons. The van der Waals surface area contributed by atoms with Gasteiger partial charge in [0.05, 0.1) is 10.6 Å². The second-order valence-electron chi connectivity index (χ2n) is 4.04. The Morgan fingerprint density at radius 1 is 1.05 bits per heavy atom. The molecule has 0 aliphatic carbocycles. The molecule has 7 heteroatoms. The van der Waals surface area contributed by atoms with Crippen molar-refractivity contribution in [2.24, 2.45) is 0 Å². The van der Waals surface area contributed by atoms with Gasteiger partial charge in [-0.15, -0.1) is 0 Å². The smallest absolute Gasteiger partial charge is 0.417 e. The maximum atomic E-state index is 13.2. The Hall–Kier alpha value is -2.08. The molecule has 2 nitrogen and oxygen atoms in total. The minimum Gasteiger partial charge on any atom is -0.457 e. The molecule has 0 heterocycles. The van der Waals surface area contributed by atoms with E-state index in [9.17, 15) is 22.4 Å². The number of halogens is 5. The first-order valence-electron chi connectivity index (χ1n) is 5.60. The van der Waals surface area contributed by atoms with Crippen LogP contribution in [0.4, 0.5) is 17.6 Å². The Morgan fingerprint density at radius 3 is 2.24 bits per heavy atom. The van der Waals surface area contributed by atoms with Crippen LogP contribution in [0, 0.1) is 5.82 Å². The number of aldehydes is 1. The summed E-state index contributed by atoms with van der Waals surface area (Å²) in [4.78, 5) is 10.6. The van der Waals surface area contributed by atoms with Gasteiger partial charge in [-0.1, -0.05) is 11.6 Å². The van der Waals surface area contributed by atoms with Crippen LogP contribution in [0.15, 0.2) is 36.4 Å². The first-order chi connectivity index (χ1) is 9.81. The van der Waals surface area contributed by atoms with E-state index in [0.717, 1.165) is 12.1 Å². The maximum absolute atomic E-state index is 13.2. The fraction of sp³-hybridized carbons (Fsp3) is 0.0714. The van der Waals surface area contributed by atoms with Gasteiger partial charge in [-0.25, -0.2) is 4.39 Å². The quantitative estimate of drug-likeness (QED) is 0.581. The van der Waals surface area contributed by atoms with Crippen LogP contribution in [-0.4, -0.2) is 6.29 Å². The number of alkyl halides is 3. The number of carbonyl (C=O) groups is 1. The molecule has 0 saturated heterocycles. The van der Waals surface area contributed by atoms with Gasteiger partial charge in [0, 0.05) is 11.6 Å². The first kappa shape index (κ1) is 15.3. The summed E-state index contributed by atoms with van der Waals surface area (Å²) >= 11 is 5.49. The van der Waals surface area contributed by atoms with E-state index >= 15 is 0 Å². The number of hydrogen-bond acceptors (Lipinski definition) is 2. The summed E-state index contributed by atoms with van der Waals surface area (Å²) in [5.41, 5.74) is -1.62. The van der Waals surface area contributed by atoms with Crippen molar-refractivity contribution in [2.45, 2.75) is 6.18 Å². The highest BCUT2D eigenvalue weighted by atomic mass is 35.5. The molecule has 0 atom stereocenters. The molecule has 21 heavy (non-hydrogen) atoms. The molecule has 0 saturated carbocycles. The van der Waals surface area contributed by atoms with Crippen LogP contribution in [0.1, 0.15) is 15.9 Å². The molecule has 2 rings (SSSR count). The van der Waals surface area contributed by atoms with Crippen LogP contribution in [-0.2, 0) is 6.18 Å². The SMILES string of the molecule is O=Cc1ccc(Oc2ccc(Cl)c(F)c2)cc1C(F)(F)F. The van der Waals surface area contributed by atoms with Crippen LogP contribution in [0.5, 0.6) is 11.5 Å². The summed E-state index contributed by atoms with van der Waals surface area (Å²) in [7, 11) is 0. The first-order valence-corrected chi connectivity index (χ1v) is 5.98. The zero-order valence-corrected chi connectivity index (χ0v) is 11.0. The molecule has 0 aromatic heterocycles. The molecule has 0 aliphatic rings. The summed E-state index contributed by atoms with van der Waals surface area (Å²) in [6.07, 6.45) is -4.59. The number of hydrogen-bond donors (Lipinski definition) is 0. The Morgan fingerprint density at radius 2 is 1.67 bits per heavy atom. The van der Waals surface area contributed by atoms with Gasteiger partial charge in [-0.05, 0) is 30.3 Å². The Labute approximate surface area is 121 Å². The van der Waals surface area contributed by atoms with Crippen molar-refractivity contribution in [2.75, 3.05) is 0 Å². The van der Waals surface area contributed by atoms with Crippen molar-refractivity contribution in [1.82, 2.24) is 0 Å². The van der Waals surface area contributed by atoms with Gasteiger partial charge in [0.25, 0.3) is 0 Å². The lowest BCUT2D eigenvalue weighted by molar-refractivity contribution is -0.137. The highest BCUT2D eigenvalue weighted by molar-refractivity contribution is 6.30. The molecule has 0 bridgehead atoms. The highest BCUT2D eigenvalue weighted by Gasteiger charge is 2.33. The minimum atomic E-state index is -4.69. The fourth-order valence-electron chi connectivity index (χ4n) is 1.62. The van der Waals surface area contributed by atoms with Crippen LogP contribution in [0.2, 0.25) is 5.02 Å². The monoisotopic (exact) mass is 318 g/mol. The molecule has 0 N–H and O–H groups in total. The largest absolute Gasteiger partial charge is 0.457 e. The molecule has 0 amide bonds. The fourth-order valence-corrected chi connectivity index (χ4v) is 1.74. The van der Waals surface area contributed by atoms with Crippen LogP contribution in [0.3, 0.4) is 0 Å². The second kappa shape index (κ2) is 5.73. The second-order valence-corrected chi connectivity index (χ2v) is 4.45. The Kier molecular flexibility index (Phi) is 4.18. The topological polar surface area (TPSA) is 26.3 Å². The van der Waals surface area contributed by atoms with Gasteiger partial charge in [0.1, 0.15) is 17.3 Å². The summed E-state index contributed by atoms with van der Waals surface area (Å²) in [5, 5.41) is -0.130. The van der Waals surface area contributed by atoms with Crippen molar-refractivity contribution in [3.05, 3.63) is 58.4 Å². The third-order valence-electron chi connectivity index (χ3n) is 2.58. The lowest BCUT2D eigenvalue weighted by atomic mass is 10.1. The molecule has 0 aliphatic heterocycles. The minimum absolute atomic E-state index is 0.0103. The molecular formula is C14H7ClF4O2. The van der Waals surface area contributed by atoms with E-state index in [4.69, 9.17) is 16.3 Å². The van der Waals surface area contributed by atoms with Gasteiger partial charge in [0.2, 0.25) is 0 Å². The average Bonchev–Trinajstić information content (AvgIpc) is 2.42. The number of rotatable bonds is 3. The summed E-state index contributed by atoms with van der Waals surface area (Å²) in [5.74, 6) is -0.937. The van der Waals surface area contributed by atoms with Gasteiger partial charge >= 0.3 is 6.18 Å². The number of ether oxygens (including phenoxy) is 1. The van der Waals surface area contributed by atoms with Crippen LogP contribution < -0.4 is 4.74 Å². The number of benzene rings is 2. The standard InChI is InChI=1S/C14H7ClF4O2/c15-12-4-3-10(6-13(12)16)21-9-2-1-8(7-20)11(5-9)14(17,18)19/h1-7H. The molecule has 0 spiro atoms. The Bertz CT molecular complexity index is 683. The van der Waals surface area contributed by atoms with Crippen molar-refractivity contribution >= 4 is 17.9 Å². The van der Waals surface area contributed by atoms with Gasteiger partial charge < -0.3 is 4.74 Å². The average molecular weight is 319 g/mol. The molecule has 0 fully saturated rings. The molecule has 0 unspecified atom stereocenters. The molecule has 2 aromatic rings. The van der Waals surface area contributed by atoms with Crippen molar-refractivity contribution in [1.29, 1.82) is 0 Å². The van der Waals surface area contributed by atoms with E-state index in [1.807, 2.05) is 0 Å².